The summed E-state index contributed by atoms with van der Waals surface area (Å²) < 4.78 is 0.580. The van der Waals surface area contributed by atoms with Gasteiger partial charge in [0.25, 0.3) is 5.91 Å². The summed E-state index contributed by atoms with van der Waals surface area (Å²) in [4.78, 5) is 20.0. The number of aromatic amines is 1. The molecular weight excluding hydrogens is 452 g/mol. The van der Waals surface area contributed by atoms with Gasteiger partial charge in [0.15, 0.2) is 5.82 Å². The molecule has 9 heteroatoms. The number of hydrogen-bond acceptors (Lipinski definition) is 7. The zero-order chi connectivity index (χ0) is 22.6. The highest BCUT2D eigenvalue weighted by atomic mass is 32.2. The number of H-pyrrole nitrogens is 1. The first-order valence-electron chi connectivity index (χ1n) is 10.6. The van der Waals surface area contributed by atoms with E-state index in [-0.39, 0.29) is 5.91 Å². The lowest BCUT2D eigenvalue weighted by Gasteiger charge is -2.13. The van der Waals surface area contributed by atoms with E-state index in [4.69, 9.17) is 17.2 Å². The van der Waals surface area contributed by atoms with E-state index in [1.54, 1.807) is 4.90 Å². The van der Waals surface area contributed by atoms with Crippen LogP contribution in [-0.4, -0.2) is 47.3 Å². The summed E-state index contributed by atoms with van der Waals surface area (Å²) in [6, 6.07) is 20.4. The summed E-state index contributed by atoms with van der Waals surface area (Å²) in [7, 11) is 0. The molecule has 1 aliphatic rings. The topological polar surface area (TPSA) is 87.7 Å². The Hall–Kier alpha value is -3.43. The molecule has 0 saturated carbocycles. The van der Waals surface area contributed by atoms with Crippen LogP contribution in [-0.2, 0) is 11.2 Å². The van der Waals surface area contributed by atoms with Crippen molar-refractivity contribution in [1.82, 2.24) is 30.5 Å². The number of tetrazole rings is 1. The van der Waals surface area contributed by atoms with Crippen molar-refractivity contribution < 1.29 is 4.79 Å². The number of fused-ring (bicyclic) bond motifs is 1. The van der Waals surface area contributed by atoms with Crippen molar-refractivity contribution in [3.63, 3.8) is 0 Å². The maximum absolute atomic E-state index is 12.9. The fourth-order valence-electron chi connectivity index (χ4n) is 3.71. The summed E-state index contributed by atoms with van der Waals surface area (Å²) in [5, 5.41) is 16.2. The average molecular weight is 473 g/mol. The van der Waals surface area contributed by atoms with E-state index in [0.717, 1.165) is 29.8 Å². The lowest BCUT2D eigenvalue weighted by Crippen LogP contribution is -2.29. The van der Waals surface area contributed by atoms with E-state index in [9.17, 15) is 4.79 Å². The summed E-state index contributed by atoms with van der Waals surface area (Å²) in [6.07, 6.45) is 4.20. The molecular formula is C24H20N6OS2. The van der Waals surface area contributed by atoms with Gasteiger partial charge < -0.3 is 0 Å². The first kappa shape index (κ1) is 21.4. The Balaban J connectivity index is 1.28. The van der Waals surface area contributed by atoms with Gasteiger partial charge >= 0.3 is 0 Å². The van der Waals surface area contributed by atoms with Gasteiger partial charge in [-0.3, -0.25) is 9.69 Å². The SMILES string of the molecule is O=C1/C(=C/c2cccc(-c3ccc4ccccc4c3)n2)SC(=S)N1CCCCc1nn[nH]n1. The second-order valence-electron chi connectivity index (χ2n) is 7.63. The molecule has 4 aromatic rings. The van der Waals surface area contributed by atoms with Crippen LogP contribution in [0.5, 0.6) is 0 Å². The first-order chi connectivity index (χ1) is 16.2. The van der Waals surface area contributed by atoms with Gasteiger partial charge in [0.2, 0.25) is 0 Å². The minimum Gasteiger partial charge on any atom is -0.293 e. The van der Waals surface area contributed by atoms with E-state index in [1.165, 1.54) is 22.5 Å². The van der Waals surface area contributed by atoms with Crippen LogP contribution in [0.4, 0.5) is 0 Å². The number of thioether (sulfide) groups is 1. The number of nitrogens with one attached hydrogen (secondary N) is 1. The molecule has 0 spiro atoms. The van der Waals surface area contributed by atoms with E-state index in [2.05, 4.69) is 51.0 Å². The number of thiocarbonyl (C=S) groups is 1. The Kier molecular flexibility index (Phi) is 6.23. The Morgan fingerprint density at radius 2 is 1.91 bits per heavy atom. The molecule has 1 fully saturated rings. The zero-order valence-corrected chi connectivity index (χ0v) is 19.3. The number of unbranched alkanes of at least 4 members (excludes halogenated alkanes) is 1. The molecule has 5 rings (SSSR count). The van der Waals surface area contributed by atoms with E-state index in [0.29, 0.717) is 28.0 Å². The highest BCUT2D eigenvalue weighted by Gasteiger charge is 2.31. The Morgan fingerprint density at radius 1 is 1.03 bits per heavy atom. The predicted molar refractivity (Wildman–Crippen MR) is 134 cm³/mol. The van der Waals surface area contributed by atoms with Gasteiger partial charge in [-0.05, 0) is 47.9 Å². The van der Waals surface area contributed by atoms with Crippen LogP contribution >= 0.6 is 24.0 Å². The van der Waals surface area contributed by atoms with Gasteiger partial charge in [-0.25, -0.2) is 4.98 Å². The molecule has 1 saturated heterocycles. The number of aryl methyl sites for hydroxylation is 1. The molecule has 0 atom stereocenters. The van der Waals surface area contributed by atoms with Crippen LogP contribution in [0, 0.1) is 0 Å². The normalized spacial score (nSPS) is 15.2. The highest BCUT2D eigenvalue weighted by Crippen LogP contribution is 2.33. The summed E-state index contributed by atoms with van der Waals surface area (Å²) in [5.41, 5.74) is 2.64. The molecule has 3 heterocycles. The smallest absolute Gasteiger partial charge is 0.266 e. The van der Waals surface area contributed by atoms with Crippen molar-refractivity contribution >= 4 is 51.1 Å². The standard InChI is InChI=1S/C24H20N6OS2/c31-23-21(33-24(32)30(23)13-4-3-10-22-26-28-29-27-22)15-19-8-5-9-20(25-19)18-12-11-16-6-1-2-7-17(16)14-18/h1-2,5-9,11-12,14-15H,3-4,10,13H2,(H,26,27,28,29)/b21-15-. The Morgan fingerprint density at radius 3 is 2.76 bits per heavy atom. The molecule has 33 heavy (non-hydrogen) atoms. The third-order valence-electron chi connectivity index (χ3n) is 5.39. The van der Waals surface area contributed by atoms with Gasteiger partial charge in [0, 0.05) is 18.5 Å². The second kappa shape index (κ2) is 9.60. The second-order valence-corrected chi connectivity index (χ2v) is 9.30. The number of benzene rings is 2. The lowest BCUT2D eigenvalue weighted by molar-refractivity contribution is -0.122. The summed E-state index contributed by atoms with van der Waals surface area (Å²) >= 11 is 6.78. The van der Waals surface area contributed by atoms with Gasteiger partial charge in [-0.2, -0.15) is 5.21 Å². The fraction of sp³-hybridized carbons (Fsp3) is 0.167. The molecule has 0 aliphatic carbocycles. The highest BCUT2D eigenvalue weighted by molar-refractivity contribution is 8.26. The summed E-state index contributed by atoms with van der Waals surface area (Å²) in [5.74, 6) is 0.611. The van der Waals surface area contributed by atoms with Gasteiger partial charge in [-0.1, -0.05) is 71.7 Å². The van der Waals surface area contributed by atoms with Crippen LogP contribution < -0.4 is 0 Å². The minimum absolute atomic E-state index is 0.0672. The lowest BCUT2D eigenvalue weighted by atomic mass is 10.0. The fourth-order valence-corrected chi connectivity index (χ4v) is 5.00. The third kappa shape index (κ3) is 4.84. The van der Waals surface area contributed by atoms with Crippen LogP contribution in [0.1, 0.15) is 24.4 Å². The Labute approximate surface area is 200 Å². The van der Waals surface area contributed by atoms with Crippen molar-refractivity contribution in [2.24, 2.45) is 0 Å². The number of hydrogen-bond donors (Lipinski definition) is 1. The first-order valence-corrected chi connectivity index (χ1v) is 11.8. The monoisotopic (exact) mass is 472 g/mol. The molecule has 1 amide bonds. The van der Waals surface area contributed by atoms with Crippen LogP contribution in [0.2, 0.25) is 0 Å². The molecule has 7 nitrogen and oxygen atoms in total. The quantitative estimate of drug-likeness (QED) is 0.238. The van der Waals surface area contributed by atoms with Crippen molar-refractivity contribution in [3.8, 4) is 11.3 Å². The van der Waals surface area contributed by atoms with Crippen LogP contribution in [0.15, 0.2) is 65.6 Å². The number of pyridine rings is 1. The largest absolute Gasteiger partial charge is 0.293 e. The van der Waals surface area contributed by atoms with Crippen LogP contribution in [0.3, 0.4) is 0 Å². The molecule has 0 radical (unpaired) electrons. The Bertz CT molecular complexity index is 1350. The third-order valence-corrected chi connectivity index (χ3v) is 6.77. The molecule has 1 aliphatic heterocycles. The van der Waals surface area contributed by atoms with Gasteiger partial charge in [0.05, 0.1) is 16.3 Å². The number of rotatable bonds is 7. The van der Waals surface area contributed by atoms with Crippen LogP contribution in [0.25, 0.3) is 28.1 Å². The molecule has 2 aromatic heterocycles. The number of carbonyl (C=O) groups excluding carboxylic acids is 1. The minimum atomic E-state index is -0.0672. The maximum Gasteiger partial charge on any atom is 0.266 e. The molecule has 1 N–H and O–H groups in total. The molecule has 0 bridgehead atoms. The number of nitrogens with zero attached hydrogens (tertiary/aromatic N) is 5. The van der Waals surface area contributed by atoms with Crippen molar-refractivity contribution in [1.29, 1.82) is 0 Å². The number of carbonyl (C=O) groups is 1. The average Bonchev–Trinajstić information content (AvgIpc) is 3.45. The molecule has 164 valence electrons. The van der Waals surface area contributed by atoms with E-state index >= 15 is 0 Å². The predicted octanol–water partition coefficient (Wildman–Crippen LogP) is 4.64. The zero-order valence-electron chi connectivity index (χ0n) is 17.6. The summed E-state index contributed by atoms with van der Waals surface area (Å²) in [6.45, 7) is 0.574. The van der Waals surface area contributed by atoms with Gasteiger partial charge in [-0.15, -0.1) is 10.2 Å². The molecule has 0 unspecified atom stereocenters. The molecule has 2 aromatic carbocycles. The van der Waals surface area contributed by atoms with Crippen molar-refractivity contribution in [3.05, 3.63) is 77.1 Å². The van der Waals surface area contributed by atoms with E-state index in [1.807, 2.05) is 36.4 Å². The van der Waals surface area contributed by atoms with Crippen molar-refractivity contribution in [2.75, 3.05) is 6.54 Å². The number of aromatic nitrogens is 5. The van der Waals surface area contributed by atoms with Crippen molar-refractivity contribution in [2.45, 2.75) is 19.3 Å². The maximum atomic E-state index is 12.9. The van der Waals surface area contributed by atoms with Gasteiger partial charge in [0.1, 0.15) is 4.32 Å². The number of amides is 1. The van der Waals surface area contributed by atoms with E-state index < -0.39 is 0 Å².